The molecule has 2 aromatic carbocycles. The van der Waals surface area contributed by atoms with Gasteiger partial charge in [-0.05, 0) is 59.4 Å². The summed E-state index contributed by atoms with van der Waals surface area (Å²) in [5.41, 5.74) is 7.26. The molecule has 1 heteroatoms. The molecule has 0 N–H and O–H groups in total. The molecule has 1 aliphatic rings. The fraction of sp³-hybridized carbons (Fsp3) is 0.400. The van der Waals surface area contributed by atoms with E-state index in [1.165, 1.54) is 42.4 Å². The first-order valence-electron chi connectivity index (χ1n) is 8.04. The van der Waals surface area contributed by atoms with Crippen LogP contribution in [-0.4, -0.2) is 0 Å². The molecule has 2 atom stereocenters. The summed E-state index contributed by atoms with van der Waals surface area (Å²) < 4.78 is 0. The third-order valence-corrected chi connectivity index (χ3v) is 5.88. The lowest BCUT2D eigenvalue weighted by Gasteiger charge is -2.15. The fourth-order valence-corrected chi connectivity index (χ4v) is 3.76. The Morgan fingerprint density at radius 3 is 2.24 bits per heavy atom. The van der Waals surface area contributed by atoms with Gasteiger partial charge in [0.1, 0.15) is 0 Å². The smallest absolute Gasteiger partial charge is 0.0644 e. The highest BCUT2D eigenvalue weighted by Gasteiger charge is 2.15. The zero-order valence-corrected chi connectivity index (χ0v) is 14.5. The number of benzene rings is 2. The lowest BCUT2D eigenvalue weighted by molar-refractivity contribution is 0.733. The van der Waals surface area contributed by atoms with Gasteiger partial charge in [-0.3, -0.25) is 0 Å². The summed E-state index contributed by atoms with van der Waals surface area (Å²) in [4.78, 5) is 0.300. The van der Waals surface area contributed by atoms with Gasteiger partial charge in [0.2, 0.25) is 0 Å². The van der Waals surface area contributed by atoms with E-state index in [0.717, 1.165) is 0 Å². The van der Waals surface area contributed by atoms with Crippen LogP contribution >= 0.6 is 15.9 Å². The number of fused-ring (bicyclic) bond motifs is 1. The minimum Gasteiger partial charge on any atom is -0.0786 e. The van der Waals surface area contributed by atoms with E-state index in [-0.39, 0.29) is 0 Å². The zero-order valence-electron chi connectivity index (χ0n) is 12.9. The molecule has 2 unspecified atom stereocenters. The van der Waals surface area contributed by atoms with Gasteiger partial charge in [-0.1, -0.05) is 72.2 Å². The molecule has 0 nitrogen and oxygen atoms in total. The Bertz CT molecular complexity index is 612. The highest BCUT2D eigenvalue weighted by Crippen LogP contribution is 2.34. The summed E-state index contributed by atoms with van der Waals surface area (Å²) in [5, 5.41) is 0. The molecule has 0 aliphatic heterocycles. The van der Waals surface area contributed by atoms with Crippen molar-refractivity contribution in [2.45, 2.75) is 50.3 Å². The molecule has 0 heterocycles. The number of aryl methyl sites for hydroxylation is 2. The largest absolute Gasteiger partial charge is 0.0786 e. The molecule has 2 aromatic rings. The standard InChI is InChI=1S/C20H23Br/c1-3-14(2)15-7-10-17(11-8-15)20(21)19-12-9-16-5-4-6-18(16)13-19/h7-14,20H,3-6H2,1-2H3. The number of halogens is 1. The summed E-state index contributed by atoms with van der Waals surface area (Å²) in [6.07, 6.45) is 5.01. The van der Waals surface area contributed by atoms with Crippen molar-refractivity contribution in [3.63, 3.8) is 0 Å². The number of alkyl halides is 1. The van der Waals surface area contributed by atoms with Crippen LogP contribution in [0.3, 0.4) is 0 Å². The van der Waals surface area contributed by atoms with Crippen molar-refractivity contribution in [1.82, 2.24) is 0 Å². The Kier molecular flexibility index (Phi) is 4.49. The van der Waals surface area contributed by atoms with Gasteiger partial charge >= 0.3 is 0 Å². The van der Waals surface area contributed by atoms with Crippen molar-refractivity contribution >= 4 is 15.9 Å². The highest BCUT2D eigenvalue weighted by atomic mass is 79.9. The van der Waals surface area contributed by atoms with Gasteiger partial charge in [0, 0.05) is 0 Å². The molecule has 0 spiro atoms. The van der Waals surface area contributed by atoms with Gasteiger partial charge in [-0.2, -0.15) is 0 Å². The maximum atomic E-state index is 3.88. The van der Waals surface area contributed by atoms with Gasteiger partial charge < -0.3 is 0 Å². The lowest BCUT2D eigenvalue weighted by atomic mass is 9.95. The van der Waals surface area contributed by atoms with E-state index in [4.69, 9.17) is 0 Å². The quantitative estimate of drug-likeness (QED) is 0.582. The van der Waals surface area contributed by atoms with E-state index in [9.17, 15) is 0 Å². The second-order valence-electron chi connectivity index (χ2n) is 6.22. The molecule has 0 bridgehead atoms. The zero-order chi connectivity index (χ0) is 14.8. The average Bonchev–Trinajstić information content (AvgIpc) is 3.01. The maximum absolute atomic E-state index is 3.88. The van der Waals surface area contributed by atoms with E-state index < -0.39 is 0 Å². The average molecular weight is 343 g/mol. The third kappa shape index (κ3) is 3.08. The van der Waals surface area contributed by atoms with E-state index in [1.54, 1.807) is 11.1 Å². The molecule has 0 saturated heterocycles. The van der Waals surface area contributed by atoms with E-state index in [0.29, 0.717) is 10.7 Å². The second kappa shape index (κ2) is 6.36. The SMILES string of the molecule is CCC(C)c1ccc(C(Br)c2ccc3c(c2)CCC3)cc1. The normalized spacial score (nSPS) is 16.5. The van der Waals surface area contributed by atoms with Crippen molar-refractivity contribution in [2.75, 3.05) is 0 Å². The van der Waals surface area contributed by atoms with Crippen LogP contribution in [0.25, 0.3) is 0 Å². The van der Waals surface area contributed by atoms with Gasteiger partial charge in [-0.15, -0.1) is 0 Å². The Morgan fingerprint density at radius 2 is 1.52 bits per heavy atom. The van der Waals surface area contributed by atoms with Crippen molar-refractivity contribution in [3.8, 4) is 0 Å². The van der Waals surface area contributed by atoms with Crippen LogP contribution < -0.4 is 0 Å². The summed E-state index contributed by atoms with van der Waals surface area (Å²) in [5.74, 6) is 0.646. The Morgan fingerprint density at radius 1 is 0.905 bits per heavy atom. The van der Waals surface area contributed by atoms with Gasteiger partial charge in [0.25, 0.3) is 0 Å². The molecular formula is C20H23Br. The summed E-state index contributed by atoms with van der Waals surface area (Å²) >= 11 is 3.88. The van der Waals surface area contributed by atoms with Gasteiger partial charge in [0.15, 0.2) is 0 Å². The fourth-order valence-electron chi connectivity index (χ4n) is 3.17. The third-order valence-electron chi connectivity index (χ3n) is 4.83. The highest BCUT2D eigenvalue weighted by molar-refractivity contribution is 9.09. The number of hydrogen-bond donors (Lipinski definition) is 0. The molecule has 0 aromatic heterocycles. The molecule has 0 amide bonds. The molecular weight excluding hydrogens is 320 g/mol. The van der Waals surface area contributed by atoms with Crippen LogP contribution in [0.4, 0.5) is 0 Å². The Balaban J connectivity index is 1.83. The molecule has 3 rings (SSSR count). The maximum Gasteiger partial charge on any atom is 0.0644 e. The van der Waals surface area contributed by atoms with Crippen LogP contribution in [0, 0.1) is 0 Å². The van der Waals surface area contributed by atoms with Crippen LogP contribution in [0.1, 0.15) is 65.3 Å². The lowest BCUT2D eigenvalue weighted by Crippen LogP contribution is -1.96. The molecule has 0 radical (unpaired) electrons. The Labute approximate surface area is 136 Å². The molecule has 0 saturated carbocycles. The van der Waals surface area contributed by atoms with Gasteiger partial charge in [0.05, 0.1) is 4.83 Å². The summed E-state index contributed by atoms with van der Waals surface area (Å²) in [7, 11) is 0. The summed E-state index contributed by atoms with van der Waals surface area (Å²) in [6, 6.07) is 16.1. The Hall–Kier alpha value is -1.08. The van der Waals surface area contributed by atoms with Crippen LogP contribution in [0.2, 0.25) is 0 Å². The number of hydrogen-bond acceptors (Lipinski definition) is 0. The minimum absolute atomic E-state index is 0.300. The first kappa shape index (κ1) is 14.8. The van der Waals surface area contributed by atoms with Crippen molar-refractivity contribution in [3.05, 3.63) is 70.3 Å². The van der Waals surface area contributed by atoms with E-state index >= 15 is 0 Å². The van der Waals surface area contributed by atoms with Crippen molar-refractivity contribution < 1.29 is 0 Å². The van der Waals surface area contributed by atoms with E-state index in [2.05, 4.69) is 72.2 Å². The first-order chi connectivity index (χ1) is 10.2. The molecule has 1 aliphatic carbocycles. The van der Waals surface area contributed by atoms with Crippen molar-refractivity contribution in [1.29, 1.82) is 0 Å². The van der Waals surface area contributed by atoms with Gasteiger partial charge in [-0.25, -0.2) is 0 Å². The predicted octanol–water partition coefficient (Wildman–Crippen LogP) is 6.17. The predicted molar refractivity (Wildman–Crippen MR) is 94.4 cm³/mol. The van der Waals surface area contributed by atoms with Crippen molar-refractivity contribution in [2.24, 2.45) is 0 Å². The minimum atomic E-state index is 0.300. The second-order valence-corrected chi connectivity index (χ2v) is 7.14. The summed E-state index contributed by atoms with van der Waals surface area (Å²) in [6.45, 7) is 4.54. The molecule has 110 valence electrons. The number of rotatable bonds is 4. The topological polar surface area (TPSA) is 0 Å². The van der Waals surface area contributed by atoms with E-state index in [1.807, 2.05) is 0 Å². The van der Waals surface area contributed by atoms with Crippen LogP contribution in [-0.2, 0) is 12.8 Å². The monoisotopic (exact) mass is 342 g/mol. The van der Waals surface area contributed by atoms with Crippen LogP contribution in [0.5, 0.6) is 0 Å². The molecule has 21 heavy (non-hydrogen) atoms. The first-order valence-corrected chi connectivity index (χ1v) is 8.96. The molecule has 0 fully saturated rings. The van der Waals surface area contributed by atoms with Crippen LogP contribution in [0.15, 0.2) is 42.5 Å².